The Balaban J connectivity index is 2.44. The summed E-state index contributed by atoms with van der Waals surface area (Å²) in [4.78, 5) is 0. The van der Waals surface area contributed by atoms with Crippen molar-refractivity contribution in [3.05, 3.63) is 34.3 Å². The second-order valence-electron chi connectivity index (χ2n) is 3.42. The molecule has 1 atom stereocenters. The van der Waals surface area contributed by atoms with E-state index in [0.717, 1.165) is 17.4 Å². The van der Waals surface area contributed by atoms with Crippen LogP contribution in [0.15, 0.2) is 28.7 Å². The Morgan fingerprint density at radius 3 is 2.86 bits per heavy atom. The van der Waals surface area contributed by atoms with Crippen molar-refractivity contribution in [1.29, 1.82) is 0 Å². The van der Waals surface area contributed by atoms with Crippen molar-refractivity contribution >= 4 is 15.9 Å². The predicted molar refractivity (Wildman–Crippen MR) is 60.9 cm³/mol. The van der Waals surface area contributed by atoms with E-state index in [2.05, 4.69) is 40.3 Å². The highest BCUT2D eigenvalue weighted by atomic mass is 79.9. The average molecular weight is 259 g/mol. The second-order valence-corrected chi connectivity index (χ2v) is 4.34. The van der Waals surface area contributed by atoms with E-state index in [1.165, 1.54) is 5.56 Å². The van der Waals surface area contributed by atoms with Crippen molar-refractivity contribution < 1.29 is 10.4 Å². The summed E-state index contributed by atoms with van der Waals surface area (Å²) >= 11 is 3.44. The van der Waals surface area contributed by atoms with Gasteiger partial charge in [0, 0.05) is 10.0 Å². The number of hydrogen-bond donors (Lipinski definition) is 2. The Labute approximate surface area is 93.5 Å². The van der Waals surface area contributed by atoms with Crippen molar-refractivity contribution in [3.8, 4) is 0 Å². The quantitative estimate of drug-likeness (QED) is 0.821. The molecule has 3 N–H and O–H groups in total. The first-order valence-corrected chi connectivity index (χ1v) is 5.74. The van der Waals surface area contributed by atoms with Crippen LogP contribution in [0, 0.1) is 0 Å². The Kier molecular flexibility index (Phi) is 5.15. The number of halogens is 1. The van der Waals surface area contributed by atoms with E-state index in [-0.39, 0.29) is 6.61 Å². The summed E-state index contributed by atoms with van der Waals surface area (Å²) in [7, 11) is 0. The molecule has 1 aromatic carbocycles. The first kappa shape index (κ1) is 11.7. The molecule has 0 saturated carbocycles. The molecule has 0 bridgehead atoms. The van der Waals surface area contributed by atoms with Crippen LogP contribution >= 0.6 is 15.9 Å². The zero-order valence-corrected chi connectivity index (χ0v) is 10.00. The molecule has 0 heterocycles. The van der Waals surface area contributed by atoms with E-state index in [4.69, 9.17) is 5.11 Å². The van der Waals surface area contributed by atoms with E-state index in [0.29, 0.717) is 6.04 Å². The lowest BCUT2D eigenvalue weighted by molar-refractivity contribution is -0.706. The first-order chi connectivity index (χ1) is 6.76. The molecule has 0 spiro atoms. The Bertz CT molecular complexity index is 274. The van der Waals surface area contributed by atoms with Gasteiger partial charge in [-0.05, 0) is 18.6 Å². The molecule has 14 heavy (non-hydrogen) atoms. The van der Waals surface area contributed by atoms with Crippen LogP contribution in [0.25, 0.3) is 0 Å². The molecule has 0 fully saturated rings. The first-order valence-electron chi connectivity index (χ1n) is 4.95. The van der Waals surface area contributed by atoms with Gasteiger partial charge in [0.15, 0.2) is 0 Å². The molecule has 0 radical (unpaired) electrons. The van der Waals surface area contributed by atoms with E-state index in [9.17, 15) is 0 Å². The fourth-order valence-electron chi connectivity index (χ4n) is 1.34. The number of aliphatic hydroxyl groups excluding tert-OH is 1. The van der Waals surface area contributed by atoms with Gasteiger partial charge in [-0.25, -0.2) is 0 Å². The third kappa shape index (κ3) is 3.78. The standard InChI is InChI=1S/C11H16BrNO/c1-2-11(8-14)13-7-9-4-3-5-10(12)6-9/h3-6,11,13-14H,2,7-8H2,1H3/p+1/t11-/m0/s1. The lowest BCUT2D eigenvalue weighted by Crippen LogP contribution is -2.89. The summed E-state index contributed by atoms with van der Waals surface area (Å²) in [6.45, 7) is 3.28. The van der Waals surface area contributed by atoms with E-state index < -0.39 is 0 Å². The lowest BCUT2D eigenvalue weighted by atomic mass is 10.2. The van der Waals surface area contributed by atoms with E-state index >= 15 is 0 Å². The highest BCUT2D eigenvalue weighted by Gasteiger charge is 2.06. The van der Waals surface area contributed by atoms with Crippen LogP contribution in [-0.2, 0) is 6.54 Å². The minimum Gasteiger partial charge on any atom is -0.390 e. The molecular formula is C11H17BrNO+. The minimum absolute atomic E-state index is 0.254. The third-order valence-corrected chi connectivity index (χ3v) is 2.83. The minimum atomic E-state index is 0.254. The van der Waals surface area contributed by atoms with E-state index in [1.807, 2.05) is 12.1 Å². The van der Waals surface area contributed by atoms with Crippen LogP contribution < -0.4 is 5.32 Å². The molecule has 0 aliphatic carbocycles. The summed E-state index contributed by atoms with van der Waals surface area (Å²) in [6.07, 6.45) is 1.00. The van der Waals surface area contributed by atoms with Crippen LogP contribution in [0.4, 0.5) is 0 Å². The Morgan fingerprint density at radius 1 is 1.50 bits per heavy atom. The molecule has 0 saturated heterocycles. The van der Waals surface area contributed by atoms with Crippen molar-refractivity contribution in [2.45, 2.75) is 25.9 Å². The molecule has 1 aromatic rings. The van der Waals surface area contributed by atoms with Crippen molar-refractivity contribution in [1.82, 2.24) is 0 Å². The summed E-state index contributed by atoms with van der Waals surface area (Å²) in [6, 6.07) is 8.60. The summed E-state index contributed by atoms with van der Waals surface area (Å²) < 4.78 is 1.11. The zero-order chi connectivity index (χ0) is 10.4. The van der Waals surface area contributed by atoms with Gasteiger partial charge in [0.05, 0.1) is 6.61 Å². The van der Waals surface area contributed by atoms with Crippen molar-refractivity contribution in [3.63, 3.8) is 0 Å². The third-order valence-electron chi connectivity index (χ3n) is 2.33. The molecule has 3 heteroatoms. The molecule has 2 nitrogen and oxygen atoms in total. The molecular weight excluding hydrogens is 242 g/mol. The number of aliphatic hydroxyl groups is 1. The van der Waals surface area contributed by atoms with Gasteiger partial charge in [0.2, 0.25) is 0 Å². The van der Waals surface area contributed by atoms with Gasteiger partial charge in [0.25, 0.3) is 0 Å². The summed E-state index contributed by atoms with van der Waals surface area (Å²) in [5.74, 6) is 0. The largest absolute Gasteiger partial charge is 0.390 e. The van der Waals surface area contributed by atoms with Gasteiger partial charge in [-0.3, -0.25) is 0 Å². The smallest absolute Gasteiger partial charge is 0.109 e. The maximum atomic E-state index is 9.02. The van der Waals surface area contributed by atoms with Crippen LogP contribution in [0.1, 0.15) is 18.9 Å². The van der Waals surface area contributed by atoms with Crippen LogP contribution in [0.5, 0.6) is 0 Å². The zero-order valence-electron chi connectivity index (χ0n) is 8.41. The number of hydrogen-bond acceptors (Lipinski definition) is 1. The number of nitrogens with two attached hydrogens (primary N) is 1. The molecule has 0 aliphatic heterocycles. The van der Waals surface area contributed by atoms with Gasteiger partial charge < -0.3 is 10.4 Å². The molecule has 0 unspecified atom stereocenters. The van der Waals surface area contributed by atoms with Crippen LogP contribution in [-0.4, -0.2) is 17.8 Å². The topological polar surface area (TPSA) is 36.8 Å². The van der Waals surface area contributed by atoms with Gasteiger partial charge in [0.1, 0.15) is 12.6 Å². The summed E-state index contributed by atoms with van der Waals surface area (Å²) in [5, 5.41) is 11.2. The molecule has 0 aromatic heterocycles. The van der Waals surface area contributed by atoms with Gasteiger partial charge in [-0.2, -0.15) is 0 Å². The SMILES string of the molecule is CC[C@@H](CO)[NH2+]Cc1cccc(Br)c1. The van der Waals surface area contributed by atoms with Gasteiger partial charge >= 0.3 is 0 Å². The molecule has 0 aliphatic rings. The molecule has 0 amide bonds. The normalized spacial score (nSPS) is 12.8. The molecule has 1 rings (SSSR count). The maximum Gasteiger partial charge on any atom is 0.109 e. The van der Waals surface area contributed by atoms with Crippen molar-refractivity contribution in [2.75, 3.05) is 6.61 Å². The van der Waals surface area contributed by atoms with Crippen molar-refractivity contribution in [2.24, 2.45) is 0 Å². The lowest BCUT2D eigenvalue weighted by Gasteiger charge is -2.10. The fraction of sp³-hybridized carbons (Fsp3) is 0.455. The van der Waals surface area contributed by atoms with Crippen LogP contribution in [0.3, 0.4) is 0 Å². The molecule has 78 valence electrons. The van der Waals surface area contributed by atoms with Gasteiger partial charge in [-0.15, -0.1) is 0 Å². The second kappa shape index (κ2) is 6.17. The average Bonchev–Trinajstić information content (AvgIpc) is 2.19. The van der Waals surface area contributed by atoms with Crippen LogP contribution in [0.2, 0.25) is 0 Å². The highest BCUT2D eigenvalue weighted by molar-refractivity contribution is 9.10. The predicted octanol–water partition coefficient (Wildman–Crippen LogP) is 1.28. The highest BCUT2D eigenvalue weighted by Crippen LogP contribution is 2.10. The fourth-order valence-corrected chi connectivity index (χ4v) is 1.78. The monoisotopic (exact) mass is 258 g/mol. The summed E-state index contributed by atoms with van der Waals surface area (Å²) in [5.41, 5.74) is 1.28. The number of quaternary nitrogens is 1. The van der Waals surface area contributed by atoms with E-state index in [1.54, 1.807) is 0 Å². The van der Waals surface area contributed by atoms with Gasteiger partial charge in [-0.1, -0.05) is 35.0 Å². The number of benzene rings is 1. The number of rotatable bonds is 5. The Hall–Kier alpha value is -0.380. The maximum absolute atomic E-state index is 9.02. The Morgan fingerprint density at radius 2 is 2.29 bits per heavy atom.